The molecular weight excluding hydrogens is 280 g/mol. The normalized spacial score (nSPS) is 13.9. The Bertz CT molecular complexity index is 683. The van der Waals surface area contributed by atoms with Crippen LogP contribution in [0, 0.1) is 13.8 Å². The number of furan rings is 1. The molecule has 118 valence electrons. The quantitative estimate of drug-likeness (QED) is 0.804. The topological polar surface area (TPSA) is 79.7 Å². The highest BCUT2D eigenvalue weighted by Crippen LogP contribution is 2.19. The summed E-state index contributed by atoms with van der Waals surface area (Å²) in [4.78, 5) is 27.4. The van der Waals surface area contributed by atoms with E-state index in [-0.39, 0.29) is 23.7 Å². The first-order valence-electron chi connectivity index (χ1n) is 7.45. The van der Waals surface area contributed by atoms with E-state index in [1.807, 2.05) is 45.1 Å². The highest BCUT2D eigenvalue weighted by atomic mass is 16.3. The fourth-order valence-corrected chi connectivity index (χ4v) is 2.92. The summed E-state index contributed by atoms with van der Waals surface area (Å²) in [7, 11) is 0. The molecule has 2 aromatic heterocycles. The molecule has 0 aliphatic rings. The Kier molecular flexibility index (Phi) is 4.66. The summed E-state index contributed by atoms with van der Waals surface area (Å²) in [6.07, 6.45) is 1.63. The molecule has 2 aromatic rings. The molecule has 3 N–H and O–H groups in total. The highest BCUT2D eigenvalue weighted by Gasteiger charge is 2.27. The third-order valence-electron chi connectivity index (χ3n) is 4.02. The first kappa shape index (κ1) is 16.2. The van der Waals surface area contributed by atoms with Crippen LogP contribution in [0.1, 0.15) is 64.7 Å². The van der Waals surface area contributed by atoms with E-state index in [0.29, 0.717) is 11.3 Å². The molecule has 0 saturated heterocycles. The van der Waals surface area contributed by atoms with Crippen molar-refractivity contribution in [2.24, 2.45) is 0 Å². The van der Waals surface area contributed by atoms with Crippen molar-refractivity contribution >= 4 is 11.6 Å². The second-order valence-electron chi connectivity index (χ2n) is 5.83. The molecule has 0 aliphatic heterocycles. The van der Waals surface area contributed by atoms with Gasteiger partial charge in [-0.1, -0.05) is 0 Å². The molecule has 2 heterocycles. The molecule has 0 fully saturated rings. The van der Waals surface area contributed by atoms with Crippen molar-refractivity contribution in [2.75, 3.05) is 0 Å². The summed E-state index contributed by atoms with van der Waals surface area (Å²) in [5.41, 5.74) is 2.63. The molecule has 0 aromatic carbocycles. The number of hydrogen-bond acceptors (Lipinski definition) is 3. The zero-order valence-corrected chi connectivity index (χ0v) is 13.7. The number of H-pyrrole nitrogens is 1. The van der Waals surface area contributed by atoms with Gasteiger partial charge >= 0.3 is 0 Å². The molecule has 2 rings (SSSR count). The Hall–Kier alpha value is -2.14. The van der Waals surface area contributed by atoms with Gasteiger partial charge in [0.05, 0.1) is 12.0 Å². The van der Waals surface area contributed by atoms with Gasteiger partial charge in [0, 0.05) is 11.3 Å². The van der Waals surface area contributed by atoms with Crippen LogP contribution in [0.5, 0.6) is 0 Å². The number of aromatic nitrogens is 1. The van der Waals surface area contributed by atoms with E-state index >= 15 is 0 Å². The van der Waals surface area contributed by atoms with Gasteiger partial charge in [0.1, 0.15) is 12.1 Å². The van der Waals surface area contributed by atoms with E-state index in [0.717, 1.165) is 17.0 Å². The Morgan fingerprint density at radius 1 is 1.27 bits per heavy atom. The van der Waals surface area contributed by atoms with Gasteiger partial charge in [-0.25, -0.2) is 0 Å². The second kappa shape index (κ2) is 6.32. The number of ketones is 2. The summed E-state index contributed by atoms with van der Waals surface area (Å²) in [5.74, 6) is 0.806. The number of hydrogen-bond donors (Lipinski definition) is 2. The summed E-state index contributed by atoms with van der Waals surface area (Å²) in [5, 5.41) is 1.96. The summed E-state index contributed by atoms with van der Waals surface area (Å²) in [6.45, 7) is 9.02. The lowest BCUT2D eigenvalue weighted by Crippen LogP contribution is -2.91. The fourth-order valence-electron chi connectivity index (χ4n) is 2.92. The van der Waals surface area contributed by atoms with Crippen LogP contribution < -0.4 is 5.32 Å². The minimum Gasteiger partial charge on any atom is -0.463 e. The average Bonchev–Trinajstić information content (AvgIpc) is 3.05. The SMILES string of the molecule is CC(=O)c1c(C)[nH]c(C(=O)[C@H](C)[NH2+][C@@H](C)c2ccco2)c1C. The number of nitrogens with two attached hydrogens (primary N) is 1. The third kappa shape index (κ3) is 3.04. The smallest absolute Gasteiger partial charge is 0.235 e. The van der Waals surface area contributed by atoms with Gasteiger partial charge in [-0.3, -0.25) is 9.59 Å². The van der Waals surface area contributed by atoms with Gasteiger partial charge in [-0.2, -0.15) is 0 Å². The van der Waals surface area contributed by atoms with Crippen LogP contribution in [0.3, 0.4) is 0 Å². The minimum absolute atomic E-state index is 0.00786. The van der Waals surface area contributed by atoms with Gasteiger partial charge in [0.15, 0.2) is 11.5 Å². The molecule has 0 spiro atoms. The summed E-state index contributed by atoms with van der Waals surface area (Å²) >= 11 is 0. The third-order valence-corrected chi connectivity index (χ3v) is 4.02. The van der Waals surface area contributed by atoms with Gasteiger partial charge < -0.3 is 14.7 Å². The van der Waals surface area contributed by atoms with Crippen LogP contribution in [-0.2, 0) is 0 Å². The van der Waals surface area contributed by atoms with Gasteiger partial charge in [-0.15, -0.1) is 0 Å². The van der Waals surface area contributed by atoms with Gasteiger partial charge in [0.2, 0.25) is 5.78 Å². The van der Waals surface area contributed by atoms with Crippen molar-refractivity contribution in [1.82, 2.24) is 4.98 Å². The summed E-state index contributed by atoms with van der Waals surface area (Å²) in [6, 6.07) is 3.52. The Labute approximate surface area is 130 Å². The van der Waals surface area contributed by atoms with Crippen LogP contribution in [0.15, 0.2) is 22.8 Å². The van der Waals surface area contributed by atoms with Crippen LogP contribution in [-0.4, -0.2) is 22.6 Å². The first-order chi connectivity index (χ1) is 10.3. The van der Waals surface area contributed by atoms with Crippen LogP contribution in [0.25, 0.3) is 0 Å². The van der Waals surface area contributed by atoms with Crippen molar-refractivity contribution < 1.29 is 19.3 Å². The van der Waals surface area contributed by atoms with E-state index in [9.17, 15) is 9.59 Å². The standard InChI is InChI=1S/C17H22N2O3/c1-9-15(13(5)20)11(3)19-16(9)17(21)12(4)18-10(2)14-7-6-8-22-14/h6-8,10,12,18-19H,1-5H3/p+1/t10-,12-/m0/s1. The van der Waals surface area contributed by atoms with Crippen LogP contribution in [0.2, 0.25) is 0 Å². The Morgan fingerprint density at radius 3 is 2.45 bits per heavy atom. The van der Waals surface area contributed by atoms with E-state index < -0.39 is 0 Å². The molecule has 0 aliphatic carbocycles. The zero-order valence-electron chi connectivity index (χ0n) is 13.7. The minimum atomic E-state index is -0.267. The van der Waals surface area contributed by atoms with Crippen LogP contribution >= 0.6 is 0 Å². The second-order valence-corrected chi connectivity index (χ2v) is 5.83. The van der Waals surface area contributed by atoms with E-state index in [1.54, 1.807) is 6.26 Å². The van der Waals surface area contributed by atoms with Crippen LogP contribution in [0.4, 0.5) is 0 Å². The lowest BCUT2D eigenvalue weighted by Gasteiger charge is -2.14. The maximum absolute atomic E-state index is 12.7. The maximum Gasteiger partial charge on any atom is 0.235 e. The molecule has 0 saturated carbocycles. The zero-order chi connectivity index (χ0) is 16.4. The van der Waals surface area contributed by atoms with Crippen molar-refractivity contribution in [2.45, 2.75) is 46.7 Å². The van der Waals surface area contributed by atoms with Gasteiger partial charge in [0.25, 0.3) is 0 Å². The van der Waals surface area contributed by atoms with Crippen molar-refractivity contribution in [1.29, 1.82) is 0 Å². The number of rotatable bonds is 6. The molecule has 0 radical (unpaired) electrons. The molecule has 0 bridgehead atoms. The van der Waals surface area contributed by atoms with E-state index in [4.69, 9.17) is 4.42 Å². The lowest BCUT2D eigenvalue weighted by atomic mass is 10.0. The Balaban J connectivity index is 2.18. The maximum atomic E-state index is 12.7. The molecule has 2 atom stereocenters. The molecule has 0 unspecified atom stereocenters. The number of carbonyl (C=O) groups excluding carboxylic acids is 2. The number of aryl methyl sites for hydroxylation is 1. The number of Topliss-reactive ketones (excluding diaryl/α,β-unsaturated/α-hetero) is 2. The number of quaternary nitrogens is 1. The predicted octanol–water partition coefficient (Wildman–Crippen LogP) is 2.32. The van der Waals surface area contributed by atoms with E-state index in [1.165, 1.54) is 6.92 Å². The number of carbonyl (C=O) groups is 2. The van der Waals surface area contributed by atoms with Gasteiger partial charge in [-0.05, 0) is 52.3 Å². The molecule has 5 nitrogen and oxygen atoms in total. The first-order valence-corrected chi connectivity index (χ1v) is 7.45. The molecule has 22 heavy (non-hydrogen) atoms. The van der Waals surface area contributed by atoms with E-state index in [2.05, 4.69) is 4.98 Å². The largest absolute Gasteiger partial charge is 0.463 e. The fraction of sp³-hybridized carbons (Fsp3) is 0.412. The number of aromatic amines is 1. The van der Waals surface area contributed by atoms with Crippen molar-refractivity contribution in [3.05, 3.63) is 46.7 Å². The molecule has 5 heteroatoms. The molecular formula is C17H23N2O3+. The monoisotopic (exact) mass is 303 g/mol. The molecule has 0 amide bonds. The van der Waals surface area contributed by atoms with Crippen molar-refractivity contribution in [3.63, 3.8) is 0 Å². The Morgan fingerprint density at radius 2 is 1.95 bits per heavy atom. The lowest BCUT2D eigenvalue weighted by molar-refractivity contribution is -0.710. The summed E-state index contributed by atoms with van der Waals surface area (Å²) < 4.78 is 5.37. The van der Waals surface area contributed by atoms with Crippen molar-refractivity contribution in [3.8, 4) is 0 Å². The number of nitrogens with one attached hydrogen (secondary N) is 1. The average molecular weight is 303 g/mol. The highest BCUT2D eigenvalue weighted by molar-refractivity contribution is 6.04. The predicted molar refractivity (Wildman–Crippen MR) is 83.1 cm³/mol.